The minimum absolute atomic E-state index is 0.408. The molecule has 2 nitrogen and oxygen atoms in total. The Labute approximate surface area is 135 Å². The summed E-state index contributed by atoms with van der Waals surface area (Å²) < 4.78 is 0. The van der Waals surface area contributed by atoms with E-state index in [4.69, 9.17) is 0 Å². The first-order valence-electron chi connectivity index (χ1n) is 9.33. The summed E-state index contributed by atoms with van der Waals surface area (Å²) in [4.78, 5) is 2.68. The average Bonchev–Trinajstić information content (AvgIpc) is 2.43. The van der Waals surface area contributed by atoms with E-state index in [9.17, 15) is 0 Å². The molecular weight excluding hydrogens is 256 g/mol. The third-order valence-corrected chi connectivity index (χ3v) is 4.68. The Morgan fingerprint density at radius 3 is 2.10 bits per heavy atom. The van der Waals surface area contributed by atoms with Gasteiger partial charge in [-0.25, -0.2) is 0 Å². The van der Waals surface area contributed by atoms with Crippen LogP contribution in [-0.4, -0.2) is 37.6 Å². The molecule has 0 saturated carbocycles. The van der Waals surface area contributed by atoms with Crippen LogP contribution in [0.15, 0.2) is 0 Å². The minimum Gasteiger partial charge on any atom is -0.316 e. The summed E-state index contributed by atoms with van der Waals surface area (Å²) in [6, 6.07) is 0. The minimum atomic E-state index is 0.408. The normalized spacial score (nSPS) is 15.1. The summed E-state index contributed by atoms with van der Waals surface area (Å²) in [6.07, 6.45) is 5.21. The third-order valence-electron chi connectivity index (χ3n) is 4.68. The number of hydrogen-bond acceptors (Lipinski definition) is 2. The summed E-state index contributed by atoms with van der Waals surface area (Å²) in [7, 11) is 0. The number of hydrogen-bond donors (Lipinski definition) is 1. The van der Waals surface area contributed by atoms with Crippen LogP contribution >= 0.6 is 0 Å². The van der Waals surface area contributed by atoms with Crippen LogP contribution in [0.3, 0.4) is 0 Å². The van der Waals surface area contributed by atoms with E-state index in [1.165, 1.54) is 45.3 Å². The highest BCUT2D eigenvalue weighted by Crippen LogP contribution is 2.25. The molecule has 0 aromatic carbocycles. The van der Waals surface area contributed by atoms with Gasteiger partial charge in [0.05, 0.1) is 0 Å². The molecule has 0 saturated heterocycles. The van der Waals surface area contributed by atoms with Crippen LogP contribution in [-0.2, 0) is 0 Å². The molecule has 0 rings (SSSR count). The van der Waals surface area contributed by atoms with Crippen molar-refractivity contribution in [3.63, 3.8) is 0 Å². The lowest BCUT2D eigenvalue weighted by Gasteiger charge is -2.37. The molecular formula is C19H42N2. The highest BCUT2D eigenvalue weighted by molar-refractivity contribution is 4.81. The summed E-state index contributed by atoms with van der Waals surface area (Å²) in [5, 5.41) is 3.69. The van der Waals surface area contributed by atoms with Crippen LogP contribution in [0, 0.1) is 17.3 Å². The van der Waals surface area contributed by atoms with Crippen molar-refractivity contribution in [1.29, 1.82) is 0 Å². The lowest BCUT2D eigenvalue weighted by atomic mass is 9.84. The predicted octanol–water partition coefficient (Wildman–Crippen LogP) is 4.80. The molecule has 21 heavy (non-hydrogen) atoms. The maximum absolute atomic E-state index is 3.69. The molecule has 0 aliphatic carbocycles. The quantitative estimate of drug-likeness (QED) is 0.525. The van der Waals surface area contributed by atoms with Gasteiger partial charge in [0.25, 0.3) is 0 Å². The van der Waals surface area contributed by atoms with E-state index in [0.717, 1.165) is 24.9 Å². The standard InChI is InChI=1S/C19H42N2/c1-8-12-19(7,15-20-13-17(5)6)16-21(11-4)14-18(9-2)10-3/h17-18,20H,8-16H2,1-7H3. The van der Waals surface area contributed by atoms with Gasteiger partial charge >= 0.3 is 0 Å². The van der Waals surface area contributed by atoms with Gasteiger partial charge in [0.1, 0.15) is 0 Å². The Morgan fingerprint density at radius 2 is 1.67 bits per heavy atom. The molecule has 0 heterocycles. The highest BCUT2D eigenvalue weighted by Gasteiger charge is 2.26. The van der Waals surface area contributed by atoms with E-state index in [2.05, 4.69) is 58.7 Å². The fourth-order valence-electron chi connectivity index (χ4n) is 3.25. The van der Waals surface area contributed by atoms with Crippen molar-refractivity contribution in [3.05, 3.63) is 0 Å². The maximum Gasteiger partial charge on any atom is 0.00475 e. The Bertz CT molecular complexity index is 236. The molecule has 2 heteroatoms. The van der Waals surface area contributed by atoms with E-state index < -0.39 is 0 Å². The van der Waals surface area contributed by atoms with Crippen LogP contribution < -0.4 is 5.32 Å². The monoisotopic (exact) mass is 298 g/mol. The van der Waals surface area contributed by atoms with Gasteiger partial charge in [-0.2, -0.15) is 0 Å². The van der Waals surface area contributed by atoms with Crippen molar-refractivity contribution in [2.45, 2.75) is 74.1 Å². The predicted molar refractivity (Wildman–Crippen MR) is 96.9 cm³/mol. The first kappa shape index (κ1) is 20.9. The van der Waals surface area contributed by atoms with Crippen LogP contribution in [0.1, 0.15) is 74.1 Å². The van der Waals surface area contributed by atoms with Crippen molar-refractivity contribution in [2.24, 2.45) is 17.3 Å². The fraction of sp³-hybridized carbons (Fsp3) is 1.00. The van der Waals surface area contributed by atoms with Crippen molar-refractivity contribution < 1.29 is 0 Å². The second-order valence-electron chi connectivity index (χ2n) is 7.60. The van der Waals surface area contributed by atoms with Crippen molar-refractivity contribution in [2.75, 3.05) is 32.7 Å². The molecule has 0 bridgehead atoms. The van der Waals surface area contributed by atoms with E-state index in [0.29, 0.717) is 5.41 Å². The second-order valence-corrected chi connectivity index (χ2v) is 7.60. The van der Waals surface area contributed by atoms with Gasteiger partial charge < -0.3 is 10.2 Å². The topological polar surface area (TPSA) is 15.3 Å². The molecule has 0 spiro atoms. The number of nitrogens with one attached hydrogen (secondary N) is 1. The zero-order valence-electron chi connectivity index (χ0n) is 16.0. The fourth-order valence-corrected chi connectivity index (χ4v) is 3.25. The lowest BCUT2D eigenvalue weighted by molar-refractivity contribution is 0.134. The van der Waals surface area contributed by atoms with E-state index in [1.807, 2.05) is 0 Å². The third kappa shape index (κ3) is 9.52. The zero-order valence-corrected chi connectivity index (χ0v) is 16.0. The lowest BCUT2D eigenvalue weighted by Crippen LogP contribution is -2.44. The first-order valence-corrected chi connectivity index (χ1v) is 9.33. The molecule has 0 aliphatic rings. The molecule has 0 amide bonds. The Balaban J connectivity index is 4.53. The van der Waals surface area contributed by atoms with Gasteiger partial charge in [0.15, 0.2) is 0 Å². The van der Waals surface area contributed by atoms with Crippen molar-refractivity contribution in [3.8, 4) is 0 Å². The number of nitrogens with zero attached hydrogens (tertiary/aromatic N) is 1. The SMILES string of the molecule is CCCC(C)(CNCC(C)C)CN(CC)CC(CC)CC. The van der Waals surface area contributed by atoms with Gasteiger partial charge in [0.2, 0.25) is 0 Å². The van der Waals surface area contributed by atoms with Crippen LogP contribution in [0.25, 0.3) is 0 Å². The first-order chi connectivity index (χ1) is 9.90. The summed E-state index contributed by atoms with van der Waals surface area (Å²) in [6.45, 7) is 22.3. The molecule has 1 N–H and O–H groups in total. The molecule has 0 aromatic heterocycles. The van der Waals surface area contributed by atoms with Gasteiger partial charge in [-0.05, 0) is 36.8 Å². The summed E-state index contributed by atoms with van der Waals surface area (Å²) in [5.41, 5.74) is 0.408. The van der Waals surface area contributed by atoms with Crippen LogP contribution in [0.2, 0.25) is 0 Å². The Hall–Kier alpha value is -0.0800. The largest absolute Gasteiger partial charge is 0.316 e. The van der Waals surface area contributed by atoms with Crippen LogP contribution in [0.4, 0.5) is 0 Å². The van der Waals surface area contributed by atoms with E-state index in [-0.39, 0.29) is 0 Å². The Morgan fingerprint density at radius 1 is 1.05 bits per heavy atom. The molecule has 1 unspecified atom stereocenters. The van der Waals surface area contributed by atoms with Gasteiger partial charge in [-0.1, -0.05) is 67.7 Å². The van der Waals surface area contributed by atoms with Gasteiger partial charge in [0, 0.05) is 19.6 Å². The molecule has 0 radical (unpaired) electrons. The average molecular weight is 299 g/mol. The maximum atomic E-state index is 3.69. The molecule has 1 atom stereocenters. The van der Waals surface area contributed by atoms with Gasteiger partial charge in [-0.15, -0.1) is 0 Å². The molecule has 0 aromatic rings. The zero-order chi connectivity index (χ0) is 16.3. The summed E-state index contributed by atoms with van der Waals surface area (Å²) in [5.74, 6) is 1.60. The van der Waals surface area contributed by atoms with E-state index in [1.54, 1.807) is 0 Å². The molecule has 0 fully saturated rings. The second kappa shape index (κ2) is 11.5. The van der Waals surface area contributed by atoms with Crippen molar-refractivity contribution >= 4 is 0 Å². The highest BCUT2D eigenvalue weighted by atomic mass is 15.1. The van der Waals surface area contributed by atoms with Crippen molar-refractivity contribution in [1.82, 2.24) is 10.2 Å². The van der Waals surface area contributed by atoms with Crippen LogP contribution in [0.5, 0.6) is 0 Å². The Kier molecular flexibility index (Phi) is 11.4. The molecule has 128 valence electrons. The molecule has 0 aliphatic heterocycles. The van der Waals surface area contributed by atoms with Gasteiger partial charge in [-0.3, -0.25) is 0 Å². The number of rotatable bonds is 13. The van der Waals surface area contributed by atoms with E-state index >= 15 is 0 Å². The summed E-state index contributed by atoms with van der Waals surface area (Å²) >= 11 is 0. The smallest absolute Gasteiger partial charge is 0.00475 e.